The van der Waals surface area contributed by atoms with Crippen LogP contribution in [-0.2, 0) is 21.1 Å². The van der Waals surface area contributed by atoms with E-state index in [1.807, 2.05) is 12.1 Å². The van der Waals surface area contributed by atoms with Gasteiger partial charge >= 0.3 is 0 Å². The standard InChI is InChI=1S/C28H32N2O3S/c1-3-34(32,33)27-14-6-22(7-15-27)20-28(31)29-25-10-8-23(9-11-25)24-16-18-30(19-17-24)26-12-4-21(2)5-13-26/h4-15,24H,3,16-20H2,1-2H3,(H,29,31). The van der Waals surface area contributed by atoms with E-state index in [2.05, 4.69) is 53.5 Å². The molecule has 0 aromatic heterocycles. The average Bonchev–Trinajstić information content (AvgIpc) is 2.85. The van der Waals surface area contributed by atoms with E-state index in [-0.39, 0.29) is 18.1 Å². The van der Waals surface area contributed by atoms with Crippen LogP contribution in [0.1, 0.15) is 42.4 Å². The van der Waals surface area contributed by atoms with Gasteiger partial charge in [-0.15, -0.1) is 0 Å². The molecule has 0 aliphatic carbocycles. The van der Waals surface area contributed by atoms with Gasteiger partial charge in [0.25, 0.3) is 0 Å². The zero-order valence-electron chi connectivity index (χ0n) is 19.8. The van der Waals surface area contributed by atoms with Gasteiger partial charge in [-0.05, 0) is 73.2 Å². The van der Waals surface area contributed by atoms with E-state index in [0.29, 0.717) is 10.8 Å². The first-order valence-corrected chi connectivity index (χ1v) is 13.5. The summed E-state index contributed by atoms with van der Waals surface area (Å²) < 4.78 is 23.9. The quantitative estimate of drug-likeness (QED) is 0.499. The van der Waals surface area contributed by atoms with Crippen LogP contribution in [0.15, 0.2) is 77.7 Å². The second kappa shape index (κ2) is 10.4. The van der Waals surface area contributed by atoms with E-state index in [9.17, 15) is 13.2 Å². The molecule has 0 atom stereocenters. The van der Waals surface area contributed by atoms with Gasteiger partial charge in [0.05, 0.1) is 17.1 Å². The van der Waals surface area contributed by atoms with Crippen molar-refractivity contribution in [1.29, 1.82) is 0 Å². The molecule has 6 heteroatoms. The highest BCUT2D eigenvalue weighted by Gasteiger charge is 2.21. The highest BCUT2D eigenvalue weighted by Crippen LogP contribution is 2.31. The zero-order chi connectivity index (χ0) is 24.1. The molecule has 0 unspecified atom stereocenters. The fourth-order valence-electron chi connectivity index (χ4n) is 4.44. The van der Waals surface area contributed by atoms with Crippen LogP contribution in [0.5, 0.6) is 0 Å². The Balaban J connectivity index is 1.29. The third kappa shape index (κ3) is 5.86. The molecule has 178 valence electrons. The largest absolute Gasteiger partial charge is 0.371 e. The molecule has 0 radical (unpaired) electrons. The molecule has 0 bridgehead atoms. The lowest BCUT2D eigenvalue weighted by Crippen LogP contribution is -2.32. The van der Waals surface area contributed by atoms with E-state index in [1.54, 1.807) is 31.2 Å². The van der Waals surface area contributed by atoms with E-state index >= 15 is 0 Å². The van der Waals surface area contributed by atoms with Crippen LogP contribution in [0.2, 0.25) is 0 Å². The Labute approximate surface area is 202 Å². The van der Waals surface area contributed by atoms with Gasteiger partial charge in [-0.1, -0.05) is 48.9 Å². The van der Waals surface area contributed by atoms with Crippen LogP contribution in [-0.4, -0.2) is 33.2 Å². The number of hydrogen-bond acceptors (Lipinski definition) is 4. The van der Waals surface area contributed by atoms with Crippen molar-refractivity contribution in [2.45, 2.75) is 43.9 Å². The van der Waals surface area contributed by atoms with Crippen LogP contribution in [0.25, 0.3) is 0 Å². The van der Waals surface area contributed by atoms with Gasteiger partial charge in [-0.3, -0.25) is 4.79 Å². The number of hydrogen-bond donors (Lipinski definition) is 1. The highest BCUT2D eigenvalue weighted by molar-refractivity contribution is 7.91. The van der Waals surface area contributed by atoms with Crippen LogP contribution in [0.4, 0.5) is 11.4 Å². The second-order valence-corrected chi connectivity index (χ2v) is 11.3. The van der Waals surface area contributed by atoms with Crippen LogP contribution in [0, 0.1) is 6.92 Å². The highest BCUT2D eigenvalue weighted by atomic mass is 32.2. The van der Waals surface area contributed by atoms with Gasteiger partial charge in [0.15, 0.2) is 9.84 Å². The third-order valence-electron chi connectivity index (χ3n) is 6.59. The van der Waals surface area contributed by atoms with Crippen molar-refractivity contribution in [3.63, 3.8) is 0 Å². The van der Waals surface area contributed by atoms with Gasteiger partial charge in [0, 0.05) is 24.5 Å². The molecule has 1 aliphatic heterocycles. The summed E-state index contributed by atoms with van der Waals surface area (Å²) in [5.74, 6) is 0.476. The van der Waals surface area contributed by atoms with E-state index in [4.69, 9.17) is 0 Å². The minimum atomic E-state index is -3.23. The molecule has 1 heterocycles. The molecule has 3 aromatic carbocycles. The molecule has 5 nitrogen and oxygen atoms in total. The van der Waals surface area contributed by atoms with E-state index in [1.165, 1.54) is 16.8 Å². The van der Waals surface area contributed by atoms with Crippen LogP contribution < -0.4 is 10.2 Å². The van der Waals surface area contributed by atoms with Gasteiger partial charge in [-0.25, -0.2) is 8.42 Å². The maximum atomic E-state index is 12.5. The predicted molar refractivity (Wildman–Crippen MR) is 138 cm³/mol. The first-order chi connectivity index (χ1) is 16.3. The summed E-state index contributed by atoms with van der Waals surface area (Å²) in [6, 6.07) is 23.5. The summed E-state index contributed by atoms with van der Waals surface area (Å²) in [7, 11) is -3.23. The topological polar surface area (TPSA) is 66.5 Å². The molecule has 34 heavy (non-hydrogen) atoms. The van der Waals surface area contributed by atoms with Crippen molar-refractivity contribution in [3.8, 4) is 0 Å². The molecule has 1 fully saturated rings. The summed E-state index contributed by atoms with van der Waals surface area (Å²) in [6.07, 6.45) is 2.43. The fraction of sp³-hybridized carbons (Fsp3) is 0.321. The Morgan fingerprint density at radius 1 is 0.912 bits per heavy atom. The van der Waals surface area contributed by atoms with Crippen molar-refractivity contribution < 1.29 is 13.2 Å². The predicted octanol–water partition coefficient (Wildman–Crippen LogP) is 5.35. The summed E-state index contributed by atoms with van der Waals surface area (Å²) >= 11 is 0. The summed E-state index contributed by atoms with van der Waals surface area (Å²) in [5.41, 5.74) is 5.45. The van der Waals surface area contributed by atoms with Crippen molar-refractivity contribution in [3.05, 3.63) is 89.5 Å². The normalized spacial score (nSPS) is 14.7. The fourth-order valence-corrected chi connectivity index (χ4v) is 5.32. The molecule has 1 saturated heterocycles. The minimum absolute atomic E-state index is 0.0642. The number of sulfone groups is 1. The van der Waals surface area contributed by atoms with Crippen LogP contribution >= 0.6 is 0 Å². The molecule has 3 aromatic rings. The maximum absolute atomic E-state index is 12.5. The molecule has 1 aliphatic rings. The number of amides is 1. The molecular weight excluding hydrogens is 444 g/mol. The number of piperidine rings is 1. The monoisotopic (exact) mass is 476 g/mol. The van der Waals surface area contributed by atoms with Crippen molar-refractivity contribution in [1.82, 2.24) is 0 Å². The summed E-state index contributed by atoms with van der Waals surface area (Å²) in [6.45, 7) is 5.83. The Kier molecular flexibility index (Phi) is 7.37. The molecule has 4 rings (SSSR count). The van der Waals surface area contributed by atoms with Gasteiger partial charge in [-0.2, -0.15) is 0 Å². The number of nitrogens with zero attached hydrogens (tertiary/aromatic N) is 1. The number of rotatable bonds is 7. The summed E-state index contributed by atoms with van der Waals surface area (Å²) in [5, 5.41) is 2.94. The molecule has 1 amide bonds. The molecular formula is C28H32N2O3S. The number of nitrogens with one attached hydrogen (secondary N) is 1. The van der Waals surface area contributed by atoms with Crippen molar-refractivity contribution >= 4 is 27.1 Å². The molecule has 0 spiro atoms. The van der Waals surface area contributed by atoms with Gasteiger partial charge in [0.1, 0.15) is 0 Å². The molecule has 1 N–H and O–H groups in total. The summed E-state index contributed by atoms with van der Waals surface area (Å²) in [4.78, 5) is 15.2. The first-order valence-electron chi connectivity index (χ1n) is 11.9. The SMILES string of the molecule is CCS(=O)(=O)c1ccc(CC(=O)Nc2ccc(C3CCN(c4ccc(C)cc4)CC3)cc2)cc1. The Hall–Kier alpha value is -3.12. The lowest BCUT2D eigenvalue weighted by Gasteiger charge is -2.34. The van der Waals surface area contributed by atoms with E-state index in [0.717, 1.165) is 37.2 Å². The van der Waals surface area contributed by atoms with Crippen molar-refractivity contribution in [2.24, 2.45) is 0 Å². The lowest BCUT2D eigenvalue weighted by atomic mass is 9.89. The van der Waals surface area contributed by atoms with Gasteiger partial charge in [0.2, 0.25) is 5.91 Å². The first kappa shape index (κ1) is 24.0. The average molecular weight is 477 g/mol. The maximum Gasteiger partial charge on any atom is 0.228 e. The number of anilines is 2. The number of carbonyl (C=O) groups excluding carboxylic acids is 1. The smallest absolute Gasteiger partial charge is 0.228 e. The third-order valence-corrected chi connectivity index (χ3v) is 8.34. The minimum Gasteiger partial charge on any atom is -0.371 e. The second-order valence-electron chi connectivity index (χ2n) is 8.99. The lowest BCUT2D eigenvalue weighted by molar-refractivity contribution is -0.115. The van der Waals surface area contributed by atoms with Crippen LogP contribution in [0.3, 0.4) is 0 Å². The van der Waals surface area contributed by atoms with E-state index < -0.39 is 9.84 Å². The Bertz CT molecular complexity index is 1210. The Morgan fingerprint density at radius 2 is 1.53 bits per heavy atom. The molecule has 0 saturated carbocycles. The van der Waals surface area contributed by atoms with Gasteiger partial charge < -0.3 is 10.2 Å². The number of aryl methyl sites for hydroxylation is 1. The Morgan fingerprint density at radius 3 is 2.12 bits per heavy atom. The number of carbonyl (C=O) groups is 1. The van der Waals surface area contributed by atoms with Crippen molar-refractivity contribution in [2.75, 3.05) is 29.1 Å². The number of benzene rings is 3. The zero-order valence-corrected chi connectivity index (χ0v) is 20.6.